The molecule has 0 fully saturated rings. The van der Waals surface area contributed by atoms with Gasteiger partial charge in [0, 0.05) is 11.8 Å². The fraction of sp³-hybridized carbons (Fsp3) is 0.0909. The van der Waals surface area contributed by atoms with E-state index < -0.39 is 0 Å². The molecule has 1 N–H and O–H groups in total. The van der Waals surface area contributed by atoms with Gasteiger partial charge in [-0.1, -0.05) is 65.9 Å². The summed E-state index contributed by atoms with van der Waals surface area (Å²) < 4.78 is 0. The van der Waals surface area contributed by atoms with Crippen LogP contribution in [-0.2, 0) is 12.8 Å². The Bertz CT molecular complexity index is 1160. The molecule has 0 spiro atoms. The van der Waals surface area contributed by atoms with Gasteiger partial charge in [0.2, 0.25) is 5.13 Å². The summed E-state index contributed by atoms with van der Waals surface area (Å²) in [6.45, 7) is 0. The molecular weight excluding hydrogens is 340 g/mol. The van der Waals surface area contributed by atoms with Gasteiger partial charge in [-0.25, -0.2) is 9.98 Å². The zero-order valence-electron chi connectivity index (χ0n) is 14.0. The van der Waals surface area contributed by atoms with Gasteiger partial charge in [-0.15, -0.1) is 0 Å². The van der Waals surface area contributed by atoms with Crippen LogP contribution in [0.3, 0.4) is 0 Å². The van der Waals surface area contributed by atoms with Crippen molar-refractivity contribution in [3.05, 3.63) is 77.5 Å². The molecule has 1 aromatic heterocycles. The van der Waals surface area contributed by atoms with E-state index >= 15 is 0 Å². The van der Waals surface area contributed by atoms with Crippen molar-refractivity contribution in [1.82, 2.24) is 4.98 Å². The zero-order chi connectivity index (χ0) is 17.5. The maximum Gasteiger partial charge on any atom is 0.209 e. The highest BCUT2D eigenvalue weighted by Gasteiger charge is 2.20. The second-order valence-corrected chi connectivity index (χ2v) is 7.38. The number of rotatable bonds is 2. The number of aromatic nitrogens is 1. The highest BCUT2D eigenvalue weighted by atomic mass is 32.1. The predicted octanol–water partition coefficient (Wildman–Crippen LogP) is 5.52. The van der Waals surface area contributed by atoms with Gasteiger partial charge in [-0.2, -0.15) is 0 Å². The van der Waals surface area contributed by atoms with Crippen molar-refractivity contribution in [1.29, 1.82) is 0 Å². The molecule has 3 nitrogen and oxygen atoms in total. The summed E-state index contributed by atoms with van der Waals surface area (Å²) in [5.74, 6) is 0.235. The first-order valence-electron chi connectivity index (χ1n) is 8.62. The quantitative estimate of drug-likeness (QED) is 0.481. The first-order valence-corrected chi connectivity index (χ1v) is 9.44. The molecule has 4 aromatic rings. The highest BCUT2D eigenvalue weighted by Crippen LogP contribution is 2.40. The average Bonchev–Trinajstić information content (AvgIpc) is 3.11. The molecule has 1 aliphatic rings. The van der Waals surface area contributed by atoms with Crippen LogP contribution in [0, 0.1) is 0 Å². The first-order chi connectivity index (χ1) is 12.8. The number of hydrogen-bond donors (Lipinski definition) is 1. The molecule has 26 heavy (non-hydrogen) atoms. The molecule has 0 saturated carbocycles. The number of aliphatic imine (C=N–C) groups is 1. The number of fused-ring (bicyclic) bond motifs is 4. The Morgan fingerprint density at radius 1 is 0.962 bits per heavy atom. The predicted molar refractivity (Wildman–Crippen MR) is 108 cm³/mol. The van der Waals surface area contributed by atoms with Crippen LogP contribution >= 0.6 is 11.3 Å². The lowest BCUT2D eigenvalue weighted by Crippen LogP contribution is -2.01. The average molecular weight is 356 g/mol. The summed E-state index contributed by atoms with van der Waals surface area (Å²) >= 11 is 1.62. The van der Waals surface area contributed by atoms with Crippen LogP contribution in [0.5, 0.6) is 5.75 Å². The van der Waals surface area contributed by atoms with E-state index in [1.54, 1.807) is 23.6 Å². The van der Waals surface area contributed by atoms with Crippen LogP contribution in [0.2, 0.25) is 0 Å². The first kappa shape index (κ1) is 15.3. The molecule has 3 aromatic carbocycles. The Kier molecular flexibility index (Phi) is 3.57. The van der Waals surface area contributed by atoms with E-state index in [1.807, 2.05) is 30.3 Å². The van der Waals surface area contributed by atoms with Gasteiger partial charge in [-0.05, 0) is 40.8 Å². The van der Waals surface area contributed by atoms with Crippen LogP contribution < -0.4 is 0 Å². The number of phenolic OH excluding ortho intramolecular Hbond substituents is 1. The van der Waals surface area contributed by atoms with E-state index in [2.05, 4.69) is 29.3 Å². The summed E-state index contributed by atoms with van der Waals surface area (Å²) in [5, 5.41) is 13.1. The number of aromatic hydroxyl groups is 1. The third kappa shape index (κ3) is 2.50. The Balaban J connectivity index is 1.56. The number of phenols is 1. The van der Waals surface area contributed by atoms with Crippen molar-refractivity contribution in [3.8, 4) is 16.2 Å². The van der Waals surface area contributed by atoms with E-state index in [4.69, 9.17) is 4.98 Å². The summed E-state index contributed by atoms with van der Waals surface area (Å²) in [4.78, 5) is 10.5. The van der Waals surface area contributed by atoms with Crippen molar-refractivity contribution in [2.75, 3.05) is 0 Å². The van der Waals surface area contributed by atoms with Crippen molar-refractivity contribution in [3.63, 3.8) is 0 Å². The number of benzene rings is 3. The van der Waals surface area contributed by atoms with Gasteiger partial charge < -0.3 is 5.11 Å². The summed E-state index contributed by atoms with van der Waals surface area (Å²) in [6, 6.07) is 20.1. The van der Waals surface area contributed by atoms with Gasteiger partial charge in [0.1, 0.15) is 5.75 Å². The van der Waals surface area contributed by atoms with Crippen LogP contribution in [0.25, 0.3) is 21.2 Å². The largest absolute Gasteiger partial charge is 0.507 e. The maximum atomic E-state index is 10.3. The molecule has 4 heteroatoms. The lowest BCUT2D eigenvalue weighted by molar-refractivity contribution is 0.475. The SMILES string of the molecule is Oc1ccc2ccccc2c1C=Nc1nc2c(s1)-c1ccccc1CC2. The van der Waals surface area contributed by atoms with E-state index in [1.165, 1.54) is 16.0 Å². The third-order valence-corrected chi connectivity index (χ3v) is 5.87. The molecule has 126 valence electrons. The summed E-state index contributed by atoms with van der Waals surface area (Å²) in [5.41, 5.74) is 4.52. The fourth-order valence-electron chi connectivity index (χ4n) is 3.53. The molecule has 0 aliphatic heterocycles. The highest BCUT2D eigenvalue weighted by molar-refractivity contribution is 7.18. The zero-order valence-corrected chi connectivity index (χ0v) is 14.8. The lowest BCUT2D eigenvalue weighted by Gasteiger charge is -2.13. The van der Waals surface area contributed by atoms with Crippen LogP contribution in [0.15, 0.2) is 65.7 Å². The molecule has 1 heterocycles. The van der Waals surface area contributed by atoms with Crippen LogP contribution in [0.1, 0.15) is 16.8 Å². The minimum Gasteiger partial charge on any atom is -0.507 e. The standard InChI is InChI=1S/C22H16N2OS/c25-20-12-10-14-5-1-3-7-16(14)18(20)13-23-22-24-19-11-9-15-6-2-4-8-17(15)21(19)26-22/h1-8,10,12-13,25H,9,11H2. The fourth-order valence-corrected chi connectivity index (χ4v) is 4.55. The van der Waals surface area contributed by atoms with Gasteiger partial charge >= 0.3 is 0 Å². The molecule has 0 bridgehead atoms. The topological polar surface area (TPSA) is 45.5 Å². The van der Waals surface area contributed by atoms with E-state index in [0.29, 0.717) is 0 Å². The number of aryl methyl sites for hydroxylation is 2. The summed E-state index contributed by atoms with van der Waals surface area (Å²) in [7, 11) is 0. The molecular formula is C22H16N2OS. The van der Waals surface area contributed by atoms with Crippen molar-refractivity contribution in [2.45, 2.75) is 12.8 Å². The van der Waals surface area contributed by atoms with Crippen molar-refractivity contribution >= 4 is 33.5 Å². The second-order valence-electron chi connectivity index (χ2n) is 6.41. The molecule has 1 aliphatic carbocycles. The Hall–Kier alpha value is -2.98. The smallest absolute Gasteiger partial charge is 0.209 e. The van der Waals surface area contributed by atoms with Gasteiger partial charge in [0.05, 0.1) is 10.6 Å². The van der Waals surface area contributed by atoms with E-state index in [0.717, 1.165) is 40.0 Å². The van der Waals surface area contributed by atoms with Gasteiger partial charge in [-0.3, -0.25) is 0 Å². The molecule has 0 unspecified atom stereocenters. The maximum absolute atomic E-state index is 10.3. The Morgan fingerprint density at radius 3 is 2.77 bits per heavy atom. The number of thiazole rings is 1. The molecule has 0 amide bonds. The molecule has 0 atom stereocenters. The molecule has 5 rings (SSSR count). The van der Waals surface area contributed by atoms with Crippen molar-refractivity contribution < 1.29 is 5.11 Å². The normalized spacial score (nSPS) is 13.1. The molecule has 0 saturated heterocycles. The van der Waals surface area contributed by atoms with Gasteiger partial charge in [0.15, 0.2) is 0 Å². The monoisotopic (exact) mass is 356 g/mol. The van der Waals surface area contributed by atoms with Crippen LogP contribution in [-0.4, -0.2) is 16.3 Å². The lowest BCUT2D eigenvalue weighted by atomic mass is 9.94. The van der Waals surface area contributed by atoms with Crippen LogP contribution in [0.4, 0.5) is 5.13 Å². The second kappa shape index (κ2) is 6.07. The van der Waals surface area contributed by atoms with E-state index in [9.17, 15) is 5.11 Å². The van der Waals surface area contributed by atoms with E-state index in [-0.39, 0.29) is 5.75 Å². The van der Waals surface area contributed by atoms with Crippen molar-refractivity contribution in [2.24, 2.45) is 4.99 Å². The molecule has 0 radical (unpaired) electrons. The number of nitrogens with zero attached hydrogens (tertiary/aromatic N) is 2. The minimum absolute atomic E-state index is 0.235. The Labute approximate surface area is 155 Å². The number of hydrogen-bond acceptors (Lipinski definition) is 4. The minimum atomic E-state index is 0.235. The Morgan fingerprint density at radius 2 is 1.81 bits per heavy atom. The van der Waals surface area contributed by atoms with Gasteiger partial charge in [0.25, 0.3) is 0 Å². The third-order valence-electron chi connectivity index (χ3n) is 4.83. The summed E-state index contributed by atoms with van der Waals surface area (Å²) in [6.07, 6.45) is 3.71.